The van der Waals surface area contributed by atoms with Gasteiger partial charge in [0, 0.05) is 48.3 Å². The van der Waals surface area contributed by atoms with Crippen molar-refractivity contribution in [2.75, 3.05) is 26.2 Å². The molecule has 1 aliphatic rings. The van der Waals surface area contributed by atoms with E-state index < -0.39 is 0 Å². The first kappa shape index (κ1) is 16.6. The number of nitrogens with zero attached hydrogens (tertiary/aromatic N) is 3. The molecule has 0 spiro atoms. The van der Waals surface area contributed by atoms with Gasteiger partial charge in [-0.15, -0.1) is 0 Å². The molecule has 3 nitrogen and oxygen atoms in total. The molecule has 0 saturated carbocycles. The summed E-state index contributed by atoms with van der Waals surface area (Å²) < 4.78 is 0. The fraction of sp³-hybridized carbons (Fsp3) is 0.562. The molecule has 1 atom stereocenters. The van der Waals surface area contributed by atoms with Crippen LogP contribution in [0.1, 0.15) is 25.3 Å². The largest absolute Gasteiger partial charge is 0.296 e. The zero-order valence-corrected chi connectivity index (χ0v) is 13.9. The van der Waals surface area contributed by atoms with Gasteiger partial charge in [-0.2, -0.15) is 5.26 Å². The van der Waals surface area contributed by atoms with E-state index in [9.17, 15) is 5.26 Å². The lowest BCUT2D eigenvalue weighted by Crippen LogP contribution is -2.49. The number of halogens is 2. The molecule has 1 heterocycles. The molecule has 0 radical (unpaired) electrons. The van der Waals surface area contributed by atoms with Crippen LogP contribution in [0.4, 0.5) is 0 Å². The molecule has 1 unspecified atom stereocenters. The van der Waals surface area contributed by atoms with Crippen LogP contribution in [0.15, 0.2) is 18.2 Å². The Labute approximate surface area is 137 Å². The summed E-state index contributed by atoms with van der Waals surface area (Å²) in [7, 11) is 0. The summed E-state index contributed by atoms with van der Waals surface area (Å²) >= 11 is 12.5. The summed E-state index contributed by atoms with van der Waals surface area (Å²) in [5, 5.41) is 10.7. The Morgan fingerprint density at radius 2 is 1.81 bits per heavy atom. The number of benzene rings is 1. The maximum absolute atomic E-state index is 9.24. The normalized spacial score (nSPS) is 18.4. The minimum Gasteiger partial charge on any atom is -0.296 e. The highest BCUT2D eigenvalue weighted by Gasteiger charge is 2.23. The average molecular weight is 326 g/mol. The molecule has 1 aliphatic heterocycles. The third-order valence-corrected chi connectivity index (χ3v) is 4.71. The van der Waals surface area contributed by atoms with Crippen molar-refractivity contribution in [1.82, 2.24) is 9.80 Å². The molecule has 2 rings (SSSR count). The van der Waals surface area contributed by atoms with E-state index in [2.05, 4.69) is 22.8 Å². The van der Waals surface area contributed by atoms with Gasteiger partial charge in [-0.25, -0.2) is 0 Å². The van der Waals surface area contributed by atoms with Crippen molar-refractivity contribution in [2.45, 2.75) is 32.4 Å². The molecule has 114 valence electrons. The lowest BCUT2D eigenvalue weighted by atomic mass is 10.1. The Morgan fingerprint density at radius 1 is 1.19 bits per heavy atom. The molecule has 0 bridgehead atoms. The Balaban J connectivity index is 1.91. The molecule has 0 N–H and O–H groups in total. The maximum Gasteiger partial charge on any atom is 0.0978 e. The first-order valence-corrected chi connectivity index (χ1v) is 8.20. The summed E-state index contributed by atoms with van der Waals surface area (Å²) in [6, 6.07) is 8.11. The number of piperazine rings is 1. The van der Waals surface area contributed by atoms with Gasteiger partial charge < -0.3 is 0 Å². The van der Waals surface area contributed by atoms with Gasteiger partial charge in [-0.3, -0.25) is 9.80 Å². The van der Waals surface area contributed by atoms with Crippen molar-refractivity contribution in [3.8, 4) is 6.07 Å². The number of rotatable bonds is 5. The van der Waals surface area contributed by atoms with E-state index in [0.717, 1.165) is 61.2 Å². The molecule has 1 aromatic rings. The topological polar surface area (TPSA) is 30.3 Å². The predicted molar refractivity (Wildman–Crippen MR) is 87.6 cm³/mol. The summed E-state index contributed by atoms with van der Waals surface area (Å²) in [6.07, 6.45) is 2.00. The third kappa shape index (κ3) is 4.34. The van der Waals surface area contributed by atoms with Gasteiger partial charge in [0.15, 0.2) is 0 Å². The first-order chi connectivity index (χ1) is 10.2. The second kappa shape index (κ2) is 8.00. The second-order valence-corrected chi connectivity index (χ2v) is 6.26. The highest BCUT2D eigenvalue weighted by Crippen LogP contribution is 2.26. The molecule has 1 fully saturated rings. The van der Waals surface area contributed by atoms with E-state index in [0.29, 0.717) is 0 Å². The van der Waals surface area contributed by atoms with Gasteiger partial charge in [-0.05, 0) is 18.6 Å². The predicted octanol–water partition coefficient (Wildman–Crippen LogP) is 3.80. The second-order valence-electron chi connectivity index (χ2n) is 5.45. The fourth-order valence-corrected chi connectivity index (χ4v) is 3.26. The quantitative estimate of drug-likeness (QED) is 0.824. The van der Waals surface area contributed by atoms with E-state index in [1.807, 2.05) is 18.2 Å². The average Bonchev–Trinajstić information content (AvgIpc) is 2.49. The summed E-state index contributed by atoms with van der Waals surface area (Å²) in [4.78, 5) is 4.64. The number of nitriles is 1. The van der Waals surface area contributed by atoms with Crippen LogP contribution in [0.2, 0.25) is 10.0 Å². The van der Waals surface area contributed by atoms with Crippen LogP contribution in [0.3, 0.4) is 0 Å². The van der Waals surface area contributed by atoms with Crippen molar-refractivity contribution in [2.24, 2.45) is 0 Å². The maximum atomic E-state index is 9.24. The van der Waals surface area contributed by atoms with Crippen LogP contribution in [0.25, 0.3) is 0 Å². The highest BCUT2D eigenvalue weighted by atomic mass is 35.5. The molecule has 0 amide bonds. The molecule has 21 heavy (non-hydrogen) atoms. The van der Waals surface area contributed by atoms with Gasteiger partial charge in [0.1, 0.15) is 0 Å². The zero-order valence-electron chi connectivity index (χ0n) is 12.4. The smallest absolute Gasteiger partial charge is 0.0978 e. The minimum atomic E-state index is 0.0565. The van der Waals surface area contributed by atoms with Crippen molar-refractivity contribution in [3.63, 3.8) is 0 Å². The van der Waals surface area contributed by atoms with Crippen LogP contribution in [0, 0.1) is 11.3 Å². The summed E-state index contributed by atoms with van der Waals surface area (Å²) in [6.45, 7) is 6.66. The molecule has 0 aromatic heterocycles. The Kier molecular flexibility index (Phi) is 6.32. The lowest BCUT2D eigenvalue weighted by Gasteiger charge is -2.37. The van der Waals surface area contributed by atoms with Gasteiger partial charge in [0.2, 0.25) is 0 Å². The Hall–Kier alpha value is -0.790. The van der Waals surface area contributed by atoms with Gasteiger partial charge >= 0.3 is 0 Å². The van der Waals surface area contributed by atoms with Crippen molar-refractivity contribution in [1.29, 1.82) is 5.26 Å². The molecule has 1 saturated heterocycles. The summed E-state index contributed by atoms with van der Waals surface area (Å²) in [5.74, 6) is 0. The molecule has 0 aliphatic carbocycles. The van der Waals surface area contributed by atoms with E-state index >= 15 is 0 Å². The van der Waals surface area contributed by atoms with Crippen molar-refractivity contribution in [3.05, 3.63) is 33.8 Å². The number of hydrogen-bond acceptors (Lipinski definition) is 3. The highest BCUT2D eigenvalue weighted by molar-refractivity contribution is 6.35. The van der Waals surface area contributed by atoms with Crippen LogP contribution >= 0.6 is 23.2 Å². The zero-order chi connectivity index (χ0) is 15.2. The Bertz CT molecular complexity index is 484. The van der Waals surface area contributed by atoms with Crippen LogP contribution in [-0.4, -0.2) is 42.0 Å². The lowest BCUT2D eigenvalue weighted by molar-refractivity contribution is 0.106. The van der Waals surface area contributed by atoms with Crippen LogP contribution in [-0.2, 0) is 6.54 Å². The van der Waals surface area contributed by atoms with Gasteiger partial charge in [-0.1, -0.05) is 42.6 Å². The summed E-state index contributed by atoms with van der Waals surface area (Å²) in [5.41, 5.74) is 1.000. The minimum absolute atomic E-state index is 0.0565. The molecule has 5 heteroatoms. The van der Waals surface area contributed by atoms with Gasteiger partial charge in [0.05, 0.1) is 12.1 Å². The van der Waals surface area contributed by atoms with Crippen molar-refractivity contribution < 1.29 is 0 Å². The SMILES string of the molecule is CCCC(C#N)N1CCN(Cc2c(Cl)cccc2Cl)CC1. The van der Waals surface area contributed by atoms with E-state index in [1.165, 1.54) is 0 Å². The van der Waals surface area contributed by atoms with Gasteiger partial charge in [0.25, 0.3) is 0 Å². The van der Waals surface area contributed by atoms with E-state index in [-0.39, 0.29) is 6.04 Å². The van der Waals surface area contributed by atoms with E-state index in [4.69, 9.17) is 23.2 Å². The monoisotopic (exact) mass is 325 g/mol. The van der Waals surface area contributed by atoms with Crippen LogP contribution < -0.4 is 0 Å². The molecular formula is C16H21Cl2N3. The molecule has 1 aromatic carbocycles. The van der Waals surface area contributed by atoms with E-state index in [1.54, 1.807) is 0 Å². The van der Waals surface area contributed by atoms with Crippen molar-refractivity contribution >= 4 is 23.2 Å². The first-order valence-electron chi connectivity index (χ1n) is 7.44. The Morgan fingerprint density at radius 3 is 2.33 bits per heavy atom. The fourth-order valence-electron chi connectivity index (χ4n) is 2.74. The standard InChI is InChI=1S/C16H21Cl2N3/c1-2-4-13(11-19)21-9-7-20(8-10-21)12-14-15(17)5-3-6-16(14)18/h3,5-6,13H,2,4,7-10,12H2,1H3. The third-order valence-electron chi connectivity index (χ3n) is 4.00. The number of hydrogen-bond donors (Lipinski definition) is 0. The molecular weight excluding hydrogens is 305 g/mol. The van der Waals surface area contributed by atoms with Crippen LogP contribution in [0.5, 0.6) is 0 Å².